The van der Waals surface area contributed by atoms with Crippen molar-refractivity contribution in [3.8, 4) is 0 Å². The smallest absolute Gasteiger partial charge is 0.156 e. The van der Waals surface area contributed by atoms with Gasteiger partial charge in [0.15, 0.2) is 6.29 Å². The molecule has 0 radical (unpaired) electrons. The molecular formula is C17H33BrO2. The van der Waals surface area contributed by atoms with E-state index in [1.165, 1.54) is 57.8 Å². The van der Waals surface area contributed by atoms with Crippen LogP contribution in [0.25, 0.3) is 0 Å². The second-order valence-electron chi connectivity index (χ2n) is 5.26. The molecule has 0 aromatic heterocycles. The summed E-state index contributed by atoms with van der Waals surface area (Å²) >= 11 is 3.43. The monoisotopic (exact) mass is 348 g/mol. The van der Waals surface area contributed by atoms with Crippen LogP contribution in [0.3, 0.4) is 0 Å². The summed E-state index contributed by atoms with van der Waals surface area (Å²) in [6.07, 6.45) is 18.8. The Morgan fingerprint density at radius 1 is 0.750 bits per heavy atom. The van der Waals surface area contributed by atoms with Crippen molar-refractivity contribution in [2.75, 3.05) is 19.5 Å². The van der Waals surface area contributed by atoms with E-state index in [1.807, 2.05) is 0 Å². The van der Waals surface area contributed by atoms with Gasteiger partial charge in [0.25, 0.3) is 0 Å². The van der Waals surface area contributed by atoms with E-state index in [2.05, 4.69) is 28.1 Å². The van der Waals surface area contributed by atoms with Crippen molar-refractivity contribution in [2.45, 2.75) is 76.9 Å². The van der Waals surface area contributed by atoms with Gasteiger partial charge < -0.3 is 9.47 Å². The van der Waals surface area contributed by atoms with Gasteiger partial charge in [-0.15, -0.1) is 0 Å². The number of unbranched alkanes of at least 4 members (excludes halogenated alkanes) is 8. The van der Waals surface area contributed by atoms with E-state index < -0.39 is 0 Å². The topological polar surface area (TPSA) is 18.5 Å². The standard InChI is InChI=1S/C17H33BrO2/c1-19-17(20-2)15-13-11-9-7-5-3-4-6-8-10-12-14-16-18/h10,12,17H,3-9,11,13-16H2,1-2H3/b12-10-. The average Bonchev–Trinajstić information content (AvgIpc) is 2.48. The lowest BCUT2D eigenvalue weighted by Gasteiger charge is -2.12. The third kappa shape index (κ3) is 14.5. The fourth-order valence-electron chi connectivity index (χ4n) is 2.26. The van der Waals surface area contributed by atoms with Gasteiger partial charge in [0.2, 0.25) is 0 Å². The molecule has 0 saturated carbocycles. The minimum Gasteiger partial charge on any atom is -0.356 e. The Morgan fingerprint density at radius 3 is 1.80 bits per heavy atom. The lowest BCUT2D eigenvalue weighted by atomic mass is 10.1. The fourth-order valence-corrected chi connectivity index (χ4v) is 2.53. The van der Waals surface area contributed by atoms with Crippen LogP contribution in [0, 0.1) is 0 Å². The summed E-state index contributed by atoms with van der Waals surface area (Å²) < 4.78 is 10.4. The van der Waals surface area contributed by atoms with E-state index in [0.29, 0.717) is 0 Å². The van der Waals surface area contributed by atoms with Crippen molar-refractivity contribution < 1.29 is 9.47 Å². The van der Waals surface area contributed by atoms with Gasteiger partial charge in [-0.25, -0.2) is 0 Å². The Kier molecular flexibility index (Phi) is 17.3. The molecule has 0 amide bonds. The number of ether oxygens (including phenoxy) is 2. The Morgan fingerprint density at radius 2 is 1.25 bits per heavy atom. The van der Waals surface area contributed by atoms with E-state index in [0.717, 1.165) is 18.2 Å². The molecule has 0 heterocycles. The zero-order chi connectivity index (χ0) is 14.9. The van der Waals surface area contributed by atoms with E-state index >= 15 is 0 Å². The van der Waals surface area contributed by atoms with Crippen LogP contribution in [0.5, 0.6) is 0 Å². The van der Waals surface area contributed by atoms with Crippen molar-refractivity contribution in [3.05, 3.63) is 12.2 Å². The molecule has 120 valence electrons. The third-order valence-electron chi connectivity index (χ3n) is 3.53. The van der Waals surface area contributed by atoms with Crippen LogP contribution < -0.4 is 0 Å². The van der Waals surface area contributed by atoms with Crippen molar-refractivity contribution in [1.29, 1.82) is 0 Å². The molecule has 0 bridgehead atoms. The fraction of sp³-hybridized carbons (Fsp3) is 0.882. The zero-order valence-corrected chi connectivity index (χ0v) is 15.0. The molecule has 0 fully saturated rings. The number of hydrogen-bond donors (Lipinski definition) is 0. The van der Waals surface area contributed by atoms with Crippen LogP contribution >= 0.6 is 15.9 Å². The summed E-state index contributed by atoms with van der Waals surface area (Å²) in [4.78, 5) is 0. The zero-order valence-electron chi connectivity index (χ0n) is 13.4. The highest BCUT2D eigenvalue weighted by atomic mass is 79.9. The highest BCUT2D eigenvalue weighted by molar-refractivity contribution is 9.09. The van der Waals surface area contributed by atoms with Gasteiger partial charge in [-0.3, -0.25) is 0 Å². The summed E-state index contributed by atoms with van der Waals surface area (Å²) in [6.45, 7) is 0. The Bertz CT molecular complexity index is 203. The molecule has 0 aliphatic rings. The van der Waals surface area contributed by atoms with Crippen LogP contribution in [-0.2, 0) is 9.47 Å². The number of hydrogen-bond acceptors (Lipinski definition) is 2. The minimum absolute atomic E-state index is 0.00685. The SMILES string of the molecule is COC(CCCCCCCCCC/C=C\CCBr)OC. The molecule has 2 nitrogen and oxygen atoms in total. The summed E-state index contributed by atoms with van der Waals surface area (Å²) in [6, 6.07) is 0. The molecular weight excluding hydrogens is 316 g/mol. The first kappa shape index (κ1) is 20.1. The highest BCUT2D eigenvalue weighted by Gasteiger charge is 2.03. The first-order valence-corrected chi connectivity index (χ1v) is 9.23. The summed E-state index contributed by atoms with van der Waals surface area (Å²) in [5.74, 6) is 0. The average molecular weight is 349 g/mol. The van der Waals surface area contributed by atoms with Crippen LogP contribution in [-0.4, -0.2) is 25.8 Å². The molecule has 3 heteroatoms. The van der Waals surface area contributed by atoms with Gasteiger partial charge >= 0.3 is 0 Å². The predicted molar refractivity (Wildman–Crippen MR) is 91.5 cm³/mol. The molecule has 0 saturated heterocycles. The Labute approximate surface area is 134 Å². The molecule has 0 aliphatic carbocycles. The summed E-state index contributed by atoms with van der Waals surface area (Å²) in [5, 5.41) is 1.08. The van der Waals surface area contributed by atoms with Crippen molar-refractivity contribution in [1.82, 2.24) is 0 Å². The number of alkyl halides is 1. The molecule has 0 aromatic carbocycles. The molecule has 0 aliphatic heterocycles. The highest BCUT2D eigenvalue weighted by Crippen LogP contribution is 2.12. The van der Waals surface area contributed by atoms with Gasteiger partial charge in [0.05, 0.1) is 0 Å². The first-order valence-electron chi connectivity index (χ1n) is 8.11. The van der Waals surface area contributed by atoms with E-state index in [9.17, 15) is 0 Å². The maximum atomic E-state index is 5.18. The predicted octanol–water partition coefficient (Wildman–Crippen LogP) is 5.85. The lowest BCUT2D eigenvalue weighted by molar-refractivity contribution is -0.107. The van der Waals surface area contributed by atoms with Gasteiger partial charge in [-0.2, -0.15) is 0 Å². The summed E-state index contributed by atoms with van der Waals surface area (Å²) in [5.41, 5.74) is 0. The van der Waals surface area contributed by atoms with Gasteiger partial charge in [0.1, 0.15) is 0 Å². The second-order valence-corrected chi connectivity index (χ2v) is 6.05. The van der Waals surface area contributed by atoms with Crippen LogP contribution in [0.15, 0.2) is 12.2 Å². The van der Waals surface area contributed by atoms with E-state index in [4.69, 9.17) is 9.47 Å². The number of rotatable bonds is 15. The minimum atomic E-state index is -0.00685. The quantitative estimate of drug-likeness (QED) is 0.160. The van der Waals surface area contributed by atoms with Crippen molar-refractivity contribution >= 4 is 15.9 Å². The van der Waals surface area contributed by atoms with Crippen molar-refractivity contribution in [3.63, 3.8) is 0 Å². The van der Waals surface area contributed by atoms with Crippen LogP contribution in [0.4, 0.5) is 0 Å². The molecule has 0 rings (SSSR count). The van der Waals surface area contributed by atoms with Crippen LogP contribution in [0.2, 0.25) is 0 Å². The Hall–Kier alpha value is 0.140. The summed E-state index contributed by atoms with van der Waals surface area (Å²) in [7, 11) is 3.42. The lowest BCUT2D eigenvalue weighted by Crippen LogP contribution is -2.12. The van der Waals surface area contributed by atoms with Gasteiger partial charge in [-0.05, 0) is 32.1 Å². The molecule has 0 unspecified atom stereocenters. The molecule has 0 N–H and O–H groups in total. The number of methoxy groups -OCH3 is 2. The second kappa shape index (κ2) is 17.2. The third-order valence-corrected chi connectivity index (χ3v) is 3.99. The first-order chi connectivity index (χ1) is 9.85. The van der Waals surface area contributed by atoms with E-state index in [-0.39, 0.29) is 6.29 Å². The maximum Gasteiger partial charge on any atom is 0.156 e. The molecule has 0 spiro atoms. The number of allylic oxidation sites excluding steroid dienone is 2. The Balaban J connectivity index is 3.09. The molecule has 20 heavy (non-hydrogen) atoms. The molecule has 0 atom stereocenters. The largest absolute Gasteiger partial charge is 0.356 e. The van der Waals surface area contributed by atoms with E-state index in [1.54, 1.807) is 14.2 Å². The maximum absolute atomic E-state index is 5.18. The molecule has 0 aromatic rings. The number of halogens is 1. The van der Waals surface area contributed by atoms with Gasteiger partial charge in [-0.1, -0.05) is 66.6 Å². The van der Waals surface area contributed by atoms with Gasteiger partial charge in [0, 0.05) is 19.5 Å². The normalized spacial score (nSPS) is 11.8. The van der Waals surface area contributed by atoms with Crippen LogP contribution in [0.1, 0.15) is 70.6 Å². The van der Waals surface area contributed by atoms with Crippen molar-refractivity contribution in [2.24, 2.45) is 0 Å².